The Kier molecular flexibility index (Phi) is 5.18. The zero-order chi connectivity index (χ0) is 14.6. The summed E-state index contributed by atoms with van der Waals surface area (Å²) in [4.78, 5) is 26.9. The van der Waals surface area contributed by atoms with Gasteiger partial charge in [0.2, 0.25) is 5.91 Å². The van der Waals surface area contributed by atoms with Crippen molar-refractivity contribution in [2.45, 2.75) is 6.92 Å². The third-order valence-electron chi connectivity index (χ3n) is 2.72. The maximum absolute atomic E-state index is 12.3. The highest BCUT2D eigenvalue weighted by Gasteiger charge is 2.20. The summed E-state index contributed by atoms with van der Waals surface area (Å²) in [7, 11) is 3.30. The molecule has 0 aromatic heterocycles. The number of hydrogen-bond acceptors (Lipinski definition) is 3. The maximum atomic E-state index is 12.3. The highest BCUT2D eigenvalue weighted by Crippen LogP contribution is 2.20. The molecule has 19 heavy (non-hydrogen) atoms. The van der Waals surface area contributed by atoms with Crippen LogP contribution >= 0.6 is 11.6 Å². The minimum absolute atomic E-state index is 0.0308. The predicted octanol–water partition coefficient (Wildman–Crippen LogP) is 1.47. The average molecular weight is 284 g/mol. The number of nitrogen functional groups attached to an aromatic ring is 1. The molecule has 0 saturated heterocycles. The van der Waals surface area contributed by atoms with Gasteiger partial charge >= 0.3 is 0 Å². The van der Waals surface area contributed by atoms with Crippen LogP contribution in [-0.4, -0.2) is 48.8 Å². The molecule has 1 aromatic rings. The van der Waals surface area contributed by atoms with Gasteiger partial charge in [0.05, 0.1) is 17.1 Å². The Morgan fingerprint density at radius 1 is 1.32 bits per heavy atom. The van der Waals surface area contributed by atoms with Crippen molar-refractivity contribution in [3.05, 3.63) is 28.8 Å². The summed E-state index contributed by atoms with van der Waals surface area (Å²) in [5, 5.41) is 0.292. The first-order valence-electron chi connectivity index (χ1n) is 5.91. The van der Waals surface area contributed by atoms with E-state index in [1.54, 1.807) is 26.2 Å². The summed E-state index contributed by atoms with van der Waals surface area (Å²) >= 11 is 6.00. The van der Waals surface area contributed by atoms with E-state index in [2.05, 4.69) is 0 Å². The van der Waals surface area contributed by atoms with Gasteiger partial charge in [-0.25, -0.2) is 0 Å². The van der Waals surface area contributed by atoms with Gasteiger partial charge in [-0.3, -0.25) is 9.59 Å². The number of carbonyl (C=O) groups is 2. The number of anilines is 1. The lowest BCUT2D eigenvalue weighted by Gasteiger charge is -2.22. The fourth-order valence-electron chi connectivity index (χ4n) is 1.51. The van der Waals surface area contributed by atoms with Crippen LogP contribution in [0.4, 0.5) is 5.69 Å². The first-order valence-corrected chi connectivity index (χ1v) is 6.29. The minimum Gasteiger partial charge on any atom is -0.399 e. The van der Waals surface area contributed by atoms with E-state index in [0.29, 0.717) is 22.8 Å². The lowest BCUT2D eigenvalue weighted by Crippen LogP contribution is -2.40. The van der Waals surface area contributed by atoms with E-state index < -0.39 is 0 Å². The molecule has 5 nitrogen and oxygen atoms in total. The Labute approximate surface area is 117 Å². The molecule has 0 aliphatic rings. The SMILES string of the molecule is CCN(CC(=O)N(C)C)C(=O)c1ccc(N)cc1Cl. The highest BCUT2D eigenvalue weighted by molar-refractivity contribution is 6.34. The second-order valence-electron chi connectivity index (χ2n) is 4.35. The fourth-order valence-corrected chi connectivity index (χ4v) is 1.78. The number of nitrogens with two attached hydrogens (primary N) is 1. The Balaban J connectivity index is 2.92. The van der Waals surface area contributed by atoms with Gasteiger partial charge < -0.3 is 15.5 Å². The van der Waals surface area contributed by atoms with Gasteiger partial charge in [-0.1, -0.05) is 11.6 Å². The Bertz CT molecular complexity index is 489. The van der Waals surface area contributed by atoms with Crippen molar-refractivity contribution >= 4 is 29.1 Å². The van der Waals surface area contributed by atoms with Crippen molar-refractivity contribution in [2.24, 2.45) is 0 Å². The molecule has 0 atom stereocenters. The Morgan fingerprint density at radius 3 is 2.42 bits per heavy atom. The summed E-state index contributed by atoms with van der Waals surface area (Å²) in [6, 6.07) is 4.71. The van der Waals surface area contributed by atoms with E-state index in [1.807, 2.05) is 6.92 Å². The molecule has 0 radical (unpaired) electrons. The number of halogens is 1. The molecule has 0 saturated carbocycles. The van der Waals surface area contributed by atoms with E-state index in [4.69, 9.17) is 17.3 Å². The maximum Gasteiger partial charge on any atom is 0.255 e. The molecule has 2 amide bonds. The summed E-state index contributed by atoms with van der Waals surface area (Å²) in [5.74, 6) is -0.413. The van der Waals surface area contributed by atoms with Crippen LogP contribution in [0.15, 0.2) is 18.2 Å². The second kappa shape index (κ2) is 6.43. The molecule has 0 fully saturated rings. The third kappa shape index (κ3) is 3.86. The van der Waals surface area contributed by atoms with E-state index in [0.717, 1.165) is 0 Å². The Hall–Kier alpha value is -1.75. The molecule has 0 aliphatic carbocycles. The van der Waals surface area contributed by atoms with Crippen LogP contribution in [0.3, 0.4) is 0 Å². The fraction of sp³-hybridized carbons (Fsp3) is 0.385. The molecule has 104 valence electrons. The first-order chi connectivity index (χ1) is 8.86. The summed E-state index contributed by atoms with van der Waals surface area (Å²) in [6.07, 6.45) is 0. The van der Waals surface area contributed by atoms with Crippen LogP contribution in [0.1, 0.15) is 17.3 Å². The zero-order valence-corrected chi connectivity index (χ0v) is 12.1. The van der Waals surface area contributed by atoms with Crippen molar-refractivity contribution < 1.29 is 9.59 Å². The van der Waals surface area contributed by atoms with Crippen molar-refractivity contribution in [2.75, 3.05) is 32.9 Å². The van der Waals surface area contributed by atoms with Gasteiger partial charge in [-0.15, -0.1) is 0 Å². The van der Waals surface area contributed by atoms with Crippen LogP contribution in [0.25, 0.3) is 0 Å². The molecular formula is C13H18ClN3O2. The average Bonchev–Trinajstić information content (AvgIpc) is 2.34. The number of rotatable bonds is 4. The summed E-state index contributed by atoms with van der Waals surface area (Å²) < 4.78 is 0. The number of hydrogen-bond donors (Lipinski definition) is 1. The highest BCUT2D eigenvalue weighted by atomic mass is 35.5. The molecule has 0 aliphatic heterocycles. The molecule has 6 heteroatoms. The van der Waals surface area contributed by atoms with Gasteiger partial charge in [0.1, 0.15) is 0 Å². The van der Waals surface area contributed by atoms with Crippen molar-refractivity contribution in [3.63, 3.8) is 0 Å². The second-order valence-corrected chi connectivity index (χ2v) is 4.75. The molecule has 1 aromatic carbocycles. The minimum atomic E-state index is -0.275. The normalized spacial score (nSPS) is 10.1. The molecule has 1 rings (SSSR count). The van der Waals surface area contributed by atoms with E-state index in [9.17, 15) is 9.59 Å². The molecule has 0 heterocycles. The van der Waals surface area contributed by atoms with Gasteiger partial charge in [0.25, 0.3) is 5.91 Å². The van der Waals surface area contributed by atoms with E-state index >= 15 is 0 Å². The van der Waals surface area contributed by atoms with Crippen molar-refractivity contribution in [1.82, 2.24) is 9.80 Å². The summed E-state index contributed by atoms with van der Waals surface area (Å²) in [6.45, 7) is 2.27. The molecule has 0 spiro atoms. The lowest BCUT2D eigenvalue weighted by atomic mass is 10.1. The molecular weight excluding hydrogens is 266 g/mol. The number of nitrogens with zero attached hydrogens (tertiary/aromatic N) is 2. The standard InChI is InChI=1S/C13H18ClN3O2/c1-4-17(8-12(18)16(2)3)13(19)10-6-5-9(15)7-11(10)14/h5-7H,4,8,15H2,1-3H3. The van der Waals surface area contributed by atoms with E-state index in [1.165, 1.54) is 15.9 Å². The number of carbonyl (C=O) groups excluding carboxylic acids is 2. The van der Waals surface area contributed by atoms with Crippen LogP contribution < -0.4 is 5.73 Å². The van der Waals surface area contributed by atoms with Gasteiger partial charge in [0, 0.05) is 26.3 Å². The smallest absolute Gasteiger partial charge is 0.255 e. The van der Waals surface area contributed by atoms with E-state index in [-0.39, 0.29) is 18.4 Å². The van der Waals surface area contributed by atoms with Crippen molar-refractivity contribution in [1.29, 1.82) is 0 Å². The predicted molar refractivity (Wildman–Crippen MR) is 76.1 cm³/mol. The van der Waals surface area contributed by atoms with Crippen LogP contribution in [0, 0.1) is 0 Å². The van der Waals surface area contributed by atoms with Crippen LogP contribution in [0.2, 0.25) is 5.02 Å². The van der Waals surface area contributed by atoms with Gasteiger partial charge in [-0.05, 0) is 25.1 Å². The lowest BCUT2D eigenvalue weighted by molar-refractivity contribution is -0.129. The quantitative estimate of drug-likeness (QED) is 0.851. The Morgan fingerprint density at radius 2 is 1.95 bits per heavy atom. The zero-order valence-electron chi connectivity index (χ0n) is 11.3. The molecule has 0 unspecified atom stereocenters. The topological polar surface area (TPSA) is 66.6 Å². The number of amides is 2. The number of benzene rings is 1. The first kappa shape index (κ1) is 15.3. The van der Waals surface area contributed by atoms with Gasteiger partial charge in [-0.2, -0.15) is 0 Å². The third-order valence-corrected chi connectivity index (χ3v) is 3.03. The monoisotopic (exact) mass is 283 g/mol. The van der Waals surface area contributed by atoms with Crippen molar-refractivity contribution in [3.8, 4) is 0 Å². The molecule has 0 bridgehead atoms. The van der Waals surface area contributed by atoms with Gasteiger partial charge in [0.15, 0.2) is 0 Å². The van der Waals surface area contributed by atoms with Crippen LogP contribution in [0.5, 0.6) is 0 Å². The van der Waals surface area contributed by atoms with Crippen LogP contribution in [-0.2, 0) is 4.79 Å². The molecule has 2 N–H and O–H groups in total. The summed E-state index contributed by atoms with van der Waals surface area (Å²) in [5.41, 5.74) is 6.43. The largest absolute Gasteiger partial charge is 0.399 e. The number of likely N-dealkylation sites (N-methyl/N-ethyl adjacent to an activating group) is 2.